The van der Waals surface area contributed by atoms with Crippen LogP contribution in [0.4, 0.5) is 16.2 Å². The molecule has 18 heteroatoms. The van der Waals surface area contributed by atoms with E-state index in [4.69, 9.17) is 11.1 Å². The molecule has 6 rings (SSSR count). The first kappa shape index (κ1) is 38.4. The number of anilines is 1. The summed E-state index contributed by atoms with van der Waals surface area (Å²) in [6.07, 6.45) is 15.0. The topological polar surface area (TPSA) is 262 Å². The van der Waals surface area contributed by atoms with E-state index in [-0.39, 0.29) is 37.4 Å². The molecule has 2 aromatic carbocycles. The molecule has 0 atom stereocenters. The Bertz CT molecular complexity index is 1900. The van der Waals surface area contributed by atoms with Crippen LogP contribution >= 0.6 is 0 Å². The minimum atomic E-state index is -3.75. The number of hydrogen-bond acceptors (Lipinski definition) is 9. The summed E-state index contributed by atoms with van der Waals surface area (Å²) in [6.45, 7) is 0.256. The second-order valence-electron chi connectivity index (χ2n) is 12.5. The van der Waals surface area contributed by atoms with Gasteiger partial charge in [-0.1, -0.05) is 22.4 Å². The zero-order chi connectivity index (χ0) is 36.1. The molecule has 0 radical (unpaired) electrons. The Morgan fingerprint density at radius 3 is 1.62 bits per heavy atom. The first-order chi connectivity index (χ1) is 24.0. The Balaban J connectivity index is 0.000000190. The van der Waals surface area contributed by atoms with E-state index in [1.165, 1.54) is 46.2 Å². The molecule has 4 aliphatic carbocycles. The normalized spacial score (nSPS) is 14.8. The van der Waals surface area contributed by atoms with Crippen LogP contribution in [-0.2, 0) is 76.2 Å². The van der Waals surface area contributed by atoms with E-state index in [0.29, 0.717) is 0 Å². The highest BCUT2D eigenvalue weighted by Gasteiger charge is 2.26. The monoisotopic (exact) mass is 726 g/mol. The lowest BCUT2D eigenvalue weighted by atomic mass is 9.99. The van der Waals surface area contributed by atoms with Gasteiger partial charge in [0.05, 0.1) is 17.2 Å². The number of carbonyl (C=O) groups excluding carboxylic acids is 2. The number of benzene rings is 2. The van der Waals surface area contributed by atoms with Gasteiger partial charge >= 0.3 is 6.03 Å². The van der Waals surface area contributed by atoms with Crippen LogP contribution in [0.15, 0.2) is 27.4 Å². The molecule has 0 bridgehead atoms. The molecule has 0 aliphatic heterocycles. The standard InChI is InChI=1S/C16H21N5O3S.C13H13NO.C3H8N4O2S/c17-21-18-8-3-9-25(23,24)20-16(22)19-15-13-6-1-4-11(13)10-12-5-2-7-14(12)15;15-8-14-13-11-5-1-3-9(11)7-10-4-2-6-12(10)13;4-7-6-2-1-3-10(5,8)9/h10H,1-9H2,(H2,19,20,22);7H,1-6H2;1-3H2,(H2,5,8,9). The van der Waals surface area contributed by atoms with E-state index < -0.39 is 26.1 Å². The Kier molecular flexibility index (Phi) is 13.8. The maximum absolute atomic E-state index is 12.2. The summed E-state index contributed by atoms with van der Waals surface area (Å²) in [7, 11) is -7.14. The Morgan fingerprint density at radius 2 is 1.18 bits per heavy atom. The maximum atomic E-state index is 12.2. The molecule has 0 fully saturated rings. The van der Waals surface area contributed by atoms with Gasteiger partial charge in [0.15, 0.2) is 0 Å². The van der Waals surface area contributed by atoms with Crippen LogP contribution in [0.3, 0.4) is 0 Å². The maximum Gasteiger partial charge on any atom is 0.332 e. The molecule has 2 amide bonds. The third-order valence-electron chi connectivity index (χ3n) is 9.04. The number of nitrogens with zero attached hydrogens (tertiary/aromatic N) is 7. The van der Waals surface area contributed by atoms with Crippen LogP contribution in [0.1, 0.15) is 83.0 Å². The van der Waals surface area contributed by atoms with Crippen molar-refractivity contribution in [2.24, 2.45) is 20.4 Å². The fraction of sp³-hybridized carbons (Fsp3) is 0.562. The zero-order valence-corrected chi connectivity index (χ0v) is 29.5. The molecule has 268 valence electrons. The molecule has 4 N–H and O–H groups in total. The van der Waals surface area contributed by atoms with Crippen LogP contribution in [-0.4, -0.2) is 53.5 Å². The average molecular weight is 727 g/mol. The lowest BCUT2D eigenvalue weighted by Gasteiger charge is -2.16. The summed E-state index contributed by atoms with van der Waals surface area (Å²) in [6, 6.07) is 3.87. The third kappa shape index (κ3) is 10.8. The minimum Gasteiger partial charge on any atom is -0.307 e. The van der Waals surface area contributed by atoms with E-state index in [2.05, 4.69) is 52.4 Å². The summed E-state index contributed by atoms with van der Waals surface area (Å²) in [5, 5.41) is 13.9. The number of sulfonamides is 2. The Hall–Kier alpha value is -4.43. The number of urea groups is 1. The number of amides is 2. The van der Waals surface area contributed by atoms with Crippen molar-refractivity contribution in [2.45, 2.75) is 89.9 Å². The molecule has 0 aromatic heterocycles. The molecule has 0 heterocycles. The lowest BCUT2D eigenvalue weighted by Crippen LogP contribution is -2.36. The first-order valence-corrected chi connectivity index (χ1v) is 20.1. The van der Waals surface area contributed by atoms with Crippen LogP contribution in [0.5, 0.6) is 0 Å². The van der Waals surface area contributed by atoms with E-state index in [1.54, 1.807) is 6.08 Å². The number of azide groups is 2. The van der Waals surface area contributed by atoms with Gasteiger partial charge in [0.25, 0.3) is 0 Å². The molecule has 4 aliphatic rings. The smallest absolute Gasteiger partial charge is 0.307 e. The molecule has 0 saturated carbocycles. The zero-order valence-electron chi connectivity index (χ0n) is 27.9. The van der Waals surface area contributed by atoms with Crippen molar-refractivity contribution in [1.29, 1.82) is 0 Å². The highest BCUT2D eigenvalue weighted by molar-refractivity contribution is 7.90. The van der Waals surface area contributed by atoms with Crippen molar-refractivity contribution in [1.82, 2.24) is 4.72 Å². The Morgan fingerprint density at radius 1 is 0.740 bits per heavy atom. The van der Waals surface area contributed by atoms with Gasteiger partial charge in [0, 0.05) is 28.6 Å². The van der Waals surface area contributed by atoms with Crippen molar-refractivity contribution in [3.63, 3.8) is 0 Å². The van der Waals surface area contributed by atoms with E-state index in [1.807, 2.05) is 0 Å². The number of hydrogen-bond donors (Lipinski definition) is 3. The number of primary sulfonamides is 1. The lowest BCUT2D eigenvalue weighted by molar-refractivity contribution is 0.256. The van der Waals surface area contributed by atoms with Crippen LogP contribution in [0.25, 0.3) is 20.9 Å². The van der Waals surface area contributed by atoms with Crippen molar-refractivity contribution in [2.75, 3.05) is 29.9 Å². The second-order valence-corrected chi connectivity index (χ2v) is 16.1. The molecule has 16 nitrogen and oxygen atoms in total. The van der Waals surface area contributed by atoms with Gasteiger partial charge in [-0.05, 0) is 145 Å². The van der Waals surface area contributed by atoms with Crippen molar-refractivity contribution < 1.29 is 26.4 Å². The molecular weight excluding hydrogens is 685 g/mol. The molecule has 50 heavy (non-hydrogen) atoms. The van der Waals surface area contributed by atoms with E-state index in [0.717, 1.165) is 86.7 Å². The second kappa shape index (κ2) is 18.0. The van der Waals surface area contributed by atoms with Gasteiger partial charge in [-0.3, -0.25) is 0 Å². The first-order valence-electron chi connectivity index (χ1n) is 16.7. The predicted octanol–water partition coefficient (Wildman–Crippen LogP) is 5.42. The van der Waals surface area contributed by atoms with Gasteiger partial charge in [0.1, 0.15) is 0 Å². The van der Waals surface area contributed by atoms with Gasteiger partial charge in [-0.15, -0.1) is 0 Å². The third-order valence-corrected chi connectivity index (χ3v) is 11.2. The summed E-state index contributed by atoms with van der Waals surface area (Å²) >= 11 is 0. The van der Waals surface area contributed by atoms with Crippen LogP contribution < -0.4 is 15.2 Å². The molecule has 0 spiro atoms. The fourth-order valence-corrected chi connectivity index (χ4v) is 8.49. The van der Waals surface area contributed by atoms with Gasteiger partial charge in [-0.2, -0.15) is 4.99 Å². The number of nitrogens with one attached hydrogen (secondary N) is 2. The number of carbonyl (C=O) groups is 1. The molecule has 0 saturated heterocycles. The number of nitrogens with two attached hydrogens (primary N) is 1. The highest BCUT2D eigenvalue weighted by atomic mass is 32.2. The number of aliphatic imine (C=N–C) groups is 1. The average Bonchev–Trinajstić information content (AvgIpc) is 3.88. The molecular formula is C32H42N10O6S2. The minimum absolute atomic E-state index is 0.0821. The summed E-state index contributed by atoms with van der Waals surface area (Å²) in [5.74, 6) is -0.392. The van der Waals surface area contributed by atoms with Crippen molar-refractivity contribution >= 4 is 43.5 Å². The van der Waals surface area contributed by atoms with Gasteiger partial charge in [-0.25, -0.2) is 36.3 Å². The van der Waals surface area contributed by atoms with E-state index >= 15 is 0 Å². The summed E-state index contributed by atoms with van der Waals surface area (Å²) < 4.78 is 46.4. The van der Waals surface area contributed by atoms with Gasteiger partial charge in [0.2, 0.25) is 26.1 Å². The highest BCUT2D eigenvalue weighted by Crippen LogP contribution is 2.40. The van der Waals surface area contributed by atoms with Crippen molar-refractivity contribution in [3.8, 4) is 0 Å². The SMILES string of the molecule is O=C=Nc1c2c(cc3c1CCC3)CCC2.[N-]=[N+]=NCCCS(=O)(=O)NC(=O)Nc1c2c(cc3c1CCC3)CCC2.[N-]=[N+]=NCCCS(N)(=O)=O. The largest absolute Gasteiger partial charge is 0.332 e. The molecule has 0 unspecified atom stereocenters. The van der Waals surface area contributed by atoms with Crippen LogP contribution in [0.2, 0.25) is 0 Å². The summed E-state index contributed by atoms with van der Waals surface area (Å²) in [5.41, 5.74) is 28.1. The number of isocyanates is 1. The van der Waals surface area contributed by atoms with Gasteiger partial charge < -0.3 is 5.32 Å². The number of fused-ring (bicyclic) bond motifs is 4. The Labute approximate surface area is 291 Å². The van der Waals surface area contributed by atoms with Crippen molar-refractivity contribution in [3.05, 3.63) is 77.5 Å². The number of aryl methyl sites for hydroxylation is 4. The summed E-state index contributed by atoms with van der Waals surface area (Å²) in [4.78, 5) is 31.7. The quantitative estimate of drug-likeness (QED) is 0.0679. The van der Waals surface area contributed by atoms with E-state index in [9.17, 15) is 26.4 Å². The fourth-order valence-electron chi connectivity index (χ4n) is 7.02. The predicted molar refractivity (Wildman–Crippen MR) is 190 cm³/mol. The molecule has 2 aromatic rings. The van der Waals surface area contributed by atoms with Crippen LogP contribution in [0, 0.1) is 0 Å². The number of rotatable bonds is 11.